The van der Waals surface area contributed by atoms with E-state index >= 15 is 8.78 Å². The summed E-state index contributed by atoms with van der Waals surface area (Å²) in [6, 6.07) is 0.868. The second-order valence-electron chi connectivity index (χ2n) is 18.8. The number of pyridine rings is 1. The first-order chi connectivity index (χ1) is 39.1. The molecule has 0 radical (unpaired) electrons. The van der Waals surface area contributed by atoms with Crippen LogP contribution in [0.2, 0.25) is 0 Å². The topological polar surface area (TPSA) is 184 Å². The van der Waals surface area contributed by atoms with Crippen LogP contribution in [0.15, 0.2) is 96.5 Å². The van der Waals surface area contributed by atoms with Crippen LogP contribution in [0, 0.1) is 18.7 Å². The molecule has 27 heteroatoms. The van der Waals surface area contributed by atoms with Crippen molar-refractivity contribution in [2.45, 2.75) is 110 Å². The largest absolute Gasteiger partial charge is 0.490 e. The fourth-order valence-corrected chi connectivity index (χ4v) is 8.20. The Morgan fingerprint density at radius 1 is 0.829 bits per heavy atom. The van der Waals surface area contributed by atoms with Crippen LogP contribution in [-0.2, 0) is 30.2 Å². The molecule has 3 saturated carbocycles. The van der Waals surface area contributed by atoms with Crippen molar-refractivity contribution in [1.29, 1.82) is 0 Å². The van der Waals surface area contributed by atoms with Gasteiger partial charge < -0.3 is 32.8 Å². The summed E-state index contributed by atoms with van der Waals surface area (Å²) < 4.78 is 165. The number of aryl methyl sites for hydroxylation is 2. The second kappa shape index (κ2) is 25.1. The van der Waals surface area contributed by atoms with Crippen LogP contribution < -0.4 is 18.9 Å². The van der Waals surface area contributed by atoms with Gasteiger partial charge in [0.15, 0.2) is 40.4 Å². The molecule has 0 spiro atoms. The lowest BCUT2D eigenvalue weighted by Crippen LogP contribution is -2.09. The van der Waals surface area contributed by atoms with Crippen LogP contribution >= 0.6 is 0 Å². The van der Waals surface area contributed by atoms with Crippen LogP contribution in [0.4, 0.5) is 43.9 Å². The Hall–Kier alpha value is -8.52. The molecule has 0 aliphatic heterocycles. The minimum Gasteiger partial charge on any atom is -0.490 e. The maximum atomic E-state index is 15.2. The van der Waals surface area contributed by atoms with E-state index in [1.165, 1.54) is 48.3 Å². The molecule has 0 aromatic carbocycles. The molecule has 3 fully saturated rings. The lowest BCUT2D eigenvalue weighted by atomic mass is 10.1. The zero-order valence-corrected chi connectivity index (χ0v) is 45.0. The van der Waals surface area contributed by atoms with E-state index in [0.717, 1.165) is 55.9 Å². The zero-order chi connectivity index (χ0) is 59.2. The molecule has 0 unspecified atom stereocenters. The highest BCUT2D eigenvalue weighted by Crippen LogP contribution is 2.46. The summed E-state index contributed by atoms with van der Waals surface area (Å²) in [5.41, 5.74) is 0.384. The lowest BCUT2D eigenvalue weighted by molar-refractivity contribution is -0.141. The number of rotatable bonds is 22. The molecule has 0 amide bonds. The molecule has 0 saturated heterocycles. The molecule has 6 aromatic rings. The van der Waals surface area contributed by atoms with Gasteiger partial charge >= 0.3 is 19.0 Å². The molecule has 434 valence electrons. The van der Waals surface area contributed by atoms with E-state index in [9.17, 15) is 35.1 Å². The predicted molar refractivity (Wildman–Crippen MR) is 278 cm³/mol. The lowest BCUT2D eigenvalue weighted by Gasteiger charge is -2.16. The number of hydrogen-bond acceptors (Lipinski definition) is 15. The first-order valence-corrected chi connectivity index (χ1v) is 25.5. The third kappa shape index (κ3) is 14.1. The average molecular weight is 1150 g/mol. The number of hydrogen-bond donors (Lipinski definition) is 0. The Kier molecular flexibility index (Phi) is 18.2. The standard InChI is InChI=1S/C28H26F6N6O3.C27H28F4N6O2/c1-4-35-22(16-5-6-16)21(14(2)43-27(30)31)24-37-11-19(41-3)26(39-24)42-13-15-9-18(29)23(36-10-15)25-38-20(28(32,33)34)12-40(25)17-7-8-17;1-6-17(10-19(28)16(4)24-35-20(27(29,30)31)12-37(24)7-2)13-39-25-15(3)11-32-23(36-25)21-22(18-8-9-18)33-14-34-26(21)38-5/h4,9-12,16-17,27H,2,5-8,13H2,1,3H3;6,10-12,14,18H,4,7-9,13H2,1-3,5H3/b22-21+,35-4?;17-6+,19-10+. The molecule has 17 nitrogen and oxygen atoms in total. The number of halogens is 10. The van der Waals surface area contributed by atoms with Crippen LogP contribution in [0.5, 0.6) is 23.4 Å². The summed E-state index contributed by atoms with van der Waals surface area (Å²) in [4.78, 5) is 41.7. The van der Waals surface area contributed by atoms with Crippen molar-refractivity contribution in [3.05, 3.63) is 137 Å². The molecule has 3 aliphatic carbocycles. The first-order valence-electron chi connectivity index (χ1n) is 25.5. The molecule has 0 N–H and O–H groups in total. The van der Waals surface area contributed by atoms with Gasteiger partial charge in [0.25, 0.3) is 5.88 Å². The summed E-state index contributed by atoms with van der Waals surface area (Å²) in [5, 5.41) is 0. The van der Waals surface area contributed by atoms with Crippen LogP contribution in [0.3, 0.4) is 0 Å². The van der Waals surface area contributed by atoms with Crippen molar-refractivity contribution in [2.75, 3.05) is 20.8 Å². The van der Waals surface area contributed by atoms with Crippen molar-refractivity contribution in [1.82, 2.24) is 54.0 Å². The fourth-order valence-electron chi connectivity index (χ4n) is 8.20. The van der Waals surface area contributed by atoms with Gasteiger partial charge in [-0.2, -0.15) is 45.1 Å². The predicted octanol–water partition coefficient (Wildman–Crippen LogP) is 13.0. The number of nitrogens with zero attached hydrogens (tertiary/aromatic N) is 12. The van der Waals surface area contributed by atoms with Gasteiger partial charge in [-0.15, -0.1) is 0 Å². The SMILES string of the molecule is C=C(/C(F)=C\C(=C/C)COc1nc(-c2c(OC)ncnc2C2CC2)ncc1C)c1nc(C(F)(F)F)cn1CC.C=C(OC(F)F)/C(=C(\N=CC)C1CC1)c1ncc(OC)c(OCc2cnc(-c3nc(C(F)(F)F)cn3C3CC3)c(F)c2)n1. The molecule has 3 aliphatic rings. The van der Waals surface area contributed by atoms with Gasteiger partial charge in [-0.1, -0.05) is 19.2 Å². The molecule has 6 heterocycles. The third-order valence-corrected chi connectivity index (χ3v) is 12.8. The van der Waals surface area contributed by atoms with E-state index in [0.29, 0.717) is 46.9 Å². The van der Waals surface area contributed by atoms with E-state index in [1.807, 2.05) is 0 Å². The number of aliphatic imine (C=N–C) groups is 1. The Morgan fingerprint density at radius 2 is 1.55 bits per heavy atom. The number of imidazole rings is 2. The van der Waals surface area contributed by atoms with Crippen molar-refractivity contribution < 1.29 is 67.6 Å². The molecular formula is C55H54F10N12O5. The average Bonchev–Trinajstić information content (AvgIpc) is 4.50. The van der Waals surface area contributed by atoms with Gasteiger partial charge in [-0.25, -0.2) is 43.7 Å². The number of methoxy groups -OCH3 is 2. The number of aromatic nitrogens is 11. The Balaban J connectivity index is 0.000000216. The highest BCUT2D eigenvalue weighted by molar-refractivity contribution is 5.78. The first kappa shape index (κ1) is 59.6. The van der Waals surface area contributed by atoms with Crippen LogP contribution in [0.25, 0.3) is 34.1 Å². The third-order valence-electron chi connectivity index (χ3n) is 12.8. The molecule has 9 rings (SSSR count). The van der Waals surface area contributed by atoms with Gasteiger partial charge in [0, 0.05) is 72.1 Å². The number of ether oxygens (including phenoxy) is 5. The van der Waals surface area contributed by atoms with E-state index < -0.39 is 42.0 Å². The number of alkyl halides is 8. The number of allylic oxidation sites excluding steroid dienone is 5. The highest BCUT2D eigenvalue weighted by Gasteiger charge is 2.39. The minimum atomic E-state index is -4.69. The molecular weight excluding hydrogens is 1100 g/mol. The van der Waals surface area contributed by atoms with E-state index in [2.05, 4.69) is 67.7 Å². The van der Waals surface area contributed by atoms with Crippen LogP contribution in [-0.4, -0.2) is 87.6 Å². The van der Waals surface area contributed by atoms with Crippen molar-refractivity contribution in [3.8, 4) is 46.3 Å². The normalized spacial score (nSPS) is 15.3. The molecule has 0 atom stereocenters. The highest BCUT2D eigenvalue weighted by atomic mass is 19.4. The van der Waals surface area contributed by atoms with E-state index in [4.69, 9.17) is 18.9 Å². The maximum Gasteiger partial charge on any atom is 0.434 e. The van der Waals surface area contributed by atoms with E-state index in [-0.39, 0.29) is 101 Å². The Morgan fingerprint density at radius 3 is 2.15 bits per heavy atom. The van der Waals surface area contributed by atoms with Gasteiger partial charge in [-0.05, 0) is 83.9 Å². The Bertz CT molecular complexity index is 3470. The molecule has 82 heavy (non-hydrogen) atoms. The van der Waals surface area contributed by atoms with E-state index in [1.54, 1.807) is 40.0 Å². The van der Waals surface area contributed by atoms with Crippen molar-refractivity contribution in [3.63, 3.8) is 0 Å². The summed E-state index contributed by atoms with van der Waals surface area (Å²) in [6.45, 7) is 10.7. The zero-order valence-electron chi connectivity index (χ0n) is 45.0. The summed E-state index contributed by atoms with van der Waals surface area (Å²) in [5.74, 6) is -1.33. The summed E-state index contributed by atoms with van der Waals surface area (Å²) in [7, 11) is 2.85. The second-order valence-corrected chi connectivity index (χ2v) is 18.8. The van der Waals surface area contributed by atoms with Gasteiger partial charge in [-0.3, -0.25) is 4.99 Å². The van der Waals surface area contributed by atoms with Crippen molar-refractivity contribution in [2.24, 2.45) is 10.9 Å². The summed E-state index contributed by atoms with van der Waals surface area (Å²) in [6.07, 6.45) is 7.11. The van der Waals surface area contributed by atoms with Gasteiger partial charge in [0.2, 0.25) is 11.8 Å². The quantitative estimate of drug-likeness (QED) is 0.0271. The summed E-state index contributed by atoms with van der Waals surface area (Å²) >= 11 is 0. The monoisotopic (exact) mass is 1150 g/mol. The smallest absolute Gasteiger partial charge is 0.434 e. The van der Waals surface area contributed by atoms with Gasteiger partial charge in [0.1, 0.15) is 48.2 Å². The minimum absolute atomic E-state index is 0.0189. The fraction of sp³-hybridized carbons (Fsp3) is 0.382. The Labute approximate surface area is 463 Å². The van der Waals surface area contributed by atoms with Gasteiger partial charge in [0.05, 0.1) is 37.4 Å². The van der Waals surface area contributed by atoms with Crippen molar-refractivity contribution >= 4 is 17.4 Å². The van der Waals surface area contributed by atoms with Crippen LogP contribution in [0.1, 0.15) is 111 Å². The maximum absolute atomic E-state index is 15.2. The molecule has 0 bridgehead atoms. The molecule has 6 aromatic heterocycles.